The van der Waals surface area contributed by atoms with Crippen LogP contribution >= 0.6 is 23.2 Å². The fourth-order valence-corrected chi connectivity index (χ4v) is 5.24. The minimum absolute atomic E-state index is 0.0712. The van der Waals surface area contributed by atoms with Gasteiger partial charge in [-0.3, -0.25) is 4.79 Å². The van der Waals surface area contributed by atoms with E-state index in [1.807, 2.05) is 48.2 Å². The molecule has 0 radical (unpaired) electrons. The van der Waals surface area contributed by atoms with Gasteiger partial charge in [-0.2, -0.15) is 0 Å². The summed E-state index contributed by atoms with van der Waals surface area (Å²) >= 11 is 12.0. The Bertz CT molecular complexity index is 978. The van der Waals surface area contributed by atoms with Gasteiger partial charge in [0, 0.05) is 55.8 Å². The molecule has 2 amide bonds. The van der Waals surface area contributed by atoms with E-state index in [0.717, 1.165) is 37.3 Å². The lowest BCUT2D eigenvalue weighted by Crippen LogP contribution is -2.45. The van der Waals surface area contributed by atoms with Crippen LogP contribution in [0.25, 0.3) is 0 Å². The molecule has 0 spiro atoms. The molecule has 4 rings (SSSR count). The molecule has 2 aliphatic rings. The molecule has 0 unspecified atom stereocenters. The molecular formula is C24H28Cl2N4O3. The van der Waals surface area contributed by atoms with Crippen LogP contribution in [0.15, 0.2) is 42.6 Å². The zero-order valence-electron chi connectivity index (χ0n) is 18.5. The van der Waals surface area contributed by atoms with Gasteiger partial charge in [-0.05, 0) is 49.6 Å². The van der Waals surface area contributed by atoms with E-state index in [2.05, 4.69) is 9.88 Å². The van der Waals surface area contributed by atoms with Crippen LogP contribution in [0.3, 0.4) is 0 Å². The van der Waals surface area contributed by atoms with Crippen molar-refractivity contribution in [3.05, 3.63) is 58.2 Å². The van der Waals surface area contributed by atoms with Crippen molar-refractivity contribution in [3.8, 4) is 0 Å². The number of nitrogens with zero attached hydrogens (tertiary/aromatic N) is 4. The standard InChI is InChI=1S/C24H28Cl2N4O3/c1-2-30(24(32)33)21-15-29(14-20(21)16-3-5-18(25)6-4-16)23(31)17-9-11-28(12-10-17)22-8-7-19(26)13-27-22/h3-8,13,17,20-21H,2,9-12,14-15H2,1H3,(H,32,33)/t20-,21+/m0/s1. The molecule has 1 aromatic heterocycles. The first-order valence-corrected chi connectivity index (χ1v) is 12.0. The monoisotopic (exact) mass is 490 g/mol. The molecule has 2 fully saturated rings. The van der Waals surface area contributed by atoms with Crippen LogP contribution in [0.5, 0.6) is 0 Å². The van der Waals surface area contributed by atoms with Crippen molar-refractivity contribution in [2.45, 2.75) is 31.7 Å². The lowest BCUT2D eigenvalue weighted by Gasteiger charge is -2.34. The molecule has 1 N–H and O–H groups in total. The van der Waals surface area contributed by atoms with Gasteiger partial charge in [-0.15, -0.1) is 0 Å². The van der Waals surface area contributed by atoms with E-state index in [4.69, 9.17) is 23.2 Å². The van der Waals surface area contributed by atoms with Crippen LogP contribution in [0, 0.1) is 5.92 Å². The lowest BCUT2D eigenvalue weighted by atomic mass is 9.93. The van der Waals surface area contributed by atoms with Gasteiger partial charge < -0.3 is 19.8 Å². The van der Waals surface area contributed by atoms with E-state index < -0.39 is 6.09 Å². The average molecular weight is 491 g/mol. The van der Waals surface area contributed by atoms with E-state index in [-0.39, 0.29) is 23.8 Å². The number of pyridine rings is 1. The van der Waals surface area contributed by atoms with Crippen LogP contribution in [-0.2, 0) is 4.79 Å². The molecule has 0 saturated carbocycles. The quantitative estimate of drug-likeness (QED) is 0.662. The minimum atomic E-state index is -0.959. The highest BCUT2D eigenvalue weighted by atomic mass is 35.5. The number of piperidine rings is 1. The molecule has 3 heterocycles. The second-order valence-electron chi connectivity index (χ2n) is 8.63. The number of carboxylic acid groups (broad SMARTS) is 1. The number of benzene rings is 1. The summed E-state index contributed by atoms with van der Waals surface area (Å²) in [6.07, 6.45) is 2.16. The second-order valence-corrected chi connectivity index (χ2v) is 9.51. The van der Waals surface area contributed by atoms with E-state index in [1.54, 1.807) is 6.20 Å². The smallest absolute Gasteiger partial charge is 0.407 e. The fourth-order valence-electron chi connectivity index (χ4n) is 5.00. The Morgan fingerprint density at radius 1 is 1.06 bits per heavy atom. The second kappa shape index (κ2) is 10.2. The zero-order chi connectivity index (χ0) is 23.5. The van der Waals surface area contributed by atoms with Gasteiger partial charge in [-0.25, -0.2) is 9.78 Å². The van der Waals surface area contributed by atoms with E-state index in [0.29, 0.717) is 29.7 Å². The number of carbonyl (C=O) groups is 2. The summed E-state index contributed by atoms with van der Waals surface area (Å²) in [6.45, 7) is 4.62. The molecular weight excluding hydrogens is 463 g/mol. The highest BCUT2D eigenvalue weighted by molar-refractivity contribution is 6.30. The third kappa shape index (κ3) is 5.20. The Hall–Kier alpha value is -2.51. The lowest BCUT2D eigenvalue weighted by molar-refractivity contribution is -0.135. The summed E-state index contributed by atoms with van der Waals surface area (Å²) in [5.41, 5.74) is 1.00. The van der Waals surface area contributed by atoms with Gasteiger partial charge in [0.2, 0.25) is 5.91 Å². The molecule has 2 atom stereocenters. The topological polar surface area (TPSA) is 77.0 Å². The van der Waals surface area contributed by atoms with Crippen molar-refractivity contribution < 1.29 is 14.7 Å². The van der Waals surface area contributed by atoms with Crippen LogP contribution in [0.4, 0.5) is 10.6 Å². The Kier molecular flexibility index (Phi) is 7.29. The van der Waals surface area contributed by atoms with Crippen molar-refractivity contribution in [1.82, 2.24) is 14.8 Å². The average Bonchev–Trinajstić information content (AvgIpc) is 3.25. The first kappa shape index (κ1) is 23.6. The molecule has 1 aromatic carbocycles. The van der Waals surface area contributed by atoms with Crippen LogP contribution in [-0.4, -0.2) is 70.7 Å². The number of rotatable bonds is 5. The largest absolute Gasteiger partial charge is 0.465 e. The maximum absolute atomic E-state index is 13.4. The number of anilines is 1. The van der Waals surface area contributed by atoms with Gasteiger partial charge in [0.15, 0.2) is 0 Å². The molecule has 9 heteroatoms. The summed E-state index contributed by atoms with van der Waals surface area (Å²) in [5, 5.41) is 11.0. The summed E-state index contributed by atoms with van der Waals surface area (Å²) in [5.74, 6) is 0.828. The number of hydrogen-bond donors (Lipinski definition) is 1. The van der Waals surface area contributed by atoms with Crippen molar-refractivity contribution in [3.63, 3.8) is 0 Å². The highest BCUT2D eigenvalue weighted by Gasteiger charge is 2.42. The van der Waals surface area contributed by atoms with Crippen LogP contribution in [0.2, 0.25) is 10.0 Å². The van der Waals surface area contributed by atoms with Crippen molar-refractivity contribution in [2.75, 3.05) is 37.6 Å². The first-order chi connectivity index (χ1) is 15.9. The molecule has 7 nitrogen and oxygen atoms in total. The third-order valence-corrected chi connectivity index (χ3v) is 7.24. The number of carbonyl (C=O) groups excluding carboxylic acids is 1. The Labute approximate surface area is 203 Å². The Morgan fingerprint density at radius 2 is 1.73 bits per heavy atom. The van der Waals surface area contributed by atoms with Gasteiger partial charge >= 0.3 is 6.09 Å². The van der Waals surface area contributed by atoms with Crippen LogP contribution < -0.4 is 4.90 Å². The number of likely N-dealkylation sites (tertiary alicyclic amines) is 1. The molecule has 33 heavy (non-hydrogen) atoms. The van der Waals surface area contributed by atoms with Gasteiger partial charge in [0.1, 0.15) is 5.82 Å². The summed E-state index contributed by atoms with van der Waals surface area (Å²) < 4.78 is 0. The summed E-state index contributed by atoms with van der Waals surface area (Å²) in [6, 6.07) is 10.9. The molecule has 0 aliphatic carbocycles. The van der Waals surface area contributed by atoms with Crippen molar-refractivity contribution in [1.29, 1.82) is 0 Å². The predicted molar refractivity (Wildman–Crippen MR) is 129 cm³/mol. The summed E-state index contributed by atoms with van der Waals surface area (Å²) in [7, 11) is 0. The predicted octanol–water partition coefficient (Wildman–Crippen LogP) is 4.60. The van der Waals surface area contributed by atoms with E-state index in [9.17, 15) is 14.7 Å². The van der Waals surface area contributed by atoms with Crippen molar-refractivity contribution in [2.24, 2.45) is 5.92 Å². The zero-order valence-corrected chi connectivity index (χ0v) is 20.0. The third-order valence-electron chi connectivity index (χ3n) is 6.77. The maximum Gasteiger partial charge on any atom is 0.407 e. The number of hydrogen-bond acceptors (Lipinski definition) is 4. The number of likely N-dealkylation sites (N-methyl/N-ethyl adjacent to an activating group) is 1. The first-order valence-electron chi connectivity index (χ1n) is 11.3. The minimum Gasteiger partial charge on any atom is -0.465 e. The van der Waals surface area contributed by atoms with Gasteiger partial charge in [-0.1, -0.05) is 35.3 Å². The Morgan fingerprint density at radius 3 is 2.30 bits per heavy atom. The van der Waals surface area contributed by atoms with E-state index in [1.165, 1.54) is 4.90 Å². The van der Waals surface area contributed by atoms with Gasteiger partial charge in [0.05, 0.1) is 11.1 Å². The summed E-state index contributed by atoms with van der Waals surface area (Å²) in [4.78, 5) is 35.2. The molecule has 2 aliphatic heterocycles. The van der Waals surface area contributed by atoms with E-state index >= 15 is 0 Å². The number of aromatic nitrogens is 1. The molecule has 176 valence electrons. The number of halogens is 2. The SMILES string of the molecule is CCN(C(=O)O)[C@@H]1CN(C(=O)C2CCN(c3ccc(Cl)cn3)CC2)C[C@H]1c1ccc(Cl)cc1. The normalized spacial score (nSPS) is 21.3. The highest BCUT2D eigenvalue weighted by Crippen LogP contribution is 2.34. The van der Waals surface area contributed by atoms with Gasteiger partial charge in [0.25, 0.3) is 0 Å². The molecule has 2 aromatic rings. The maximum atomic E-state index is 13.4. The van der Waals surface area contributed by atoms with Crippen LogP contribution in [0.1, 0.15) is 31.2 Å². The molecule has 0 bridgehead atoms. The van der Waals surface area contributed by atoms with Crippen molar-refractivity contribution >= 4 is 41.0 Å². The Balaban J connectivity index is 1.45. The fraction of sp³-hybridized carbons (Fsp3) is 0.458. The molecule has 2 saturated heterocycles. The number of amides is 2.